The molecule has 1 aromatic carbocycles. The van der Waals surface area contributed by atoms with Gasteiger partial charge in [0.2, 0.25) is 17.7 Å². The molecule has 1 unspecified atom stereocenters. The zero-order valence-electron chi connectivity index (χ0n) is 34.4. The van der Waals surface area contributed by atoms with E-state index < -0.39 is 36.1 Å². The van der Waals surface area contributed by atoms with Gasteiger partial charge in [-0.15, -0.1) is 0 Å². The molecule has 4 aromatic heterocycles. The van der Waals surface area contributed by atoms with E-state index in [1.165, 1.54) is 39.1 Å². The molecular formula is C42H49F2N11O7. The third kappa shape index (κ3) is 9.69. The Morgan fingerprint density at radius 3 is 2.58 bits per heavy atom. The van der Waals surface area contributed by atoms with E-state index in [9.17, 15) is 32.8 Å². The molecule has 0 bridgehead atoms. The maximum atomic E-state index is 14.1. The van der Waals surface area contributed by atoms with Crippen LogP contribution in [0.1, 0.15) is 91.6 Å². The number of amides is 4. The first-order valence-electron chi connectivity index (χ1n) is 20.9. The summed E-state index contributed by atoms with van der Waals surface area (Å²) in [5.41, 5.74) is 1.48. The van der Waals surface area contributed by atoms with Crippen molar-refractivity contribution >= 4 is 46.4 Å². The number of ether oxygens (including phenoxy) is 1. The van der Waals surface area contributed by atoms with Gasteiger partial charge in [0.15, 0.2) is 11.4 Å². The Labute approximate surface area is 354 Å². The Morgan fingerprint density at radius 2 is 1.82 bits per heavy atom. The number of aryl methyl sites for hydroxylation is 1. The monoisotopic (exact) mass is 857 g/mol. The molecule has 8 rings (SSSR count). The molecule has 0 spiro atoms. The van der Waals surface area contributed by atoms with E-state index in [1.54, 1.807) is 43.6 Å². The molecule has 1 saturated heterocycles. The number of likely N-dealkylation sites (N-methyl/N-ethyl adjacent to an activating group) is 1. The fourth-order valence-electron chi connectivity index (χ4n) is 8.17. The van der Waals surface area contributed by atoms with Crippen molar-refractivity contribution in [2.24, 2.45) is 18.9 Å². The molecule has 62 heavy (non-hydrogen) atoms. The summed E-state index contributed by atoms with van der Waals surface area (Å²) in [6.45, 7) is 2.41. The van der Waals surface area contributed by atoms with Crippen LogP contribution in [0.25, 0.3) is 22.5 Å². The number of nitrogens with zero attached hydrogens (tertiary/aromatic N) is 7. The van der Waals surface area contributed by atoms with Crippen molar-refractivity contribution in [3.8, 4) is 11.5 Å². The van der Waals surface area contributed by atoms with Crippen molar-refractivity contribution in [2.75, 3.05) is 43.9 Å². The lowest BCUT2D eigenvalue weighted by atomic mass is 9.86. The van der Waals surface area contributed by atoms with E-state index in [0.717, 1.165) is 31.5 Å². The number of rotatable bonds is 16. The van der Waals surface area contributed by atoms with E-state index >= 15 is 0 Å². The van der Waals surface area contributed by atoms with Crippen molar-refractivity contribution in [3.05, 3.63) is 76.4 Å². The molecule has 20 heteroatoms. The number of alkyl carbamates (subject to hydrolysis) is 1. The molecule has 1 atom stereocenters. The molecule has 3 aliphatic rings. The van der Waals surface area contributed by atoms with Crippen molar-refractivity contribution in [1.29, 1.82) is 0 Å². The highest BCUT2D eigenvalue weighted by molar-refractivity contribution is 6.03. The maximum absolute atomic E-state index is 14.1. The summed E-state index contributed by atoms with van der Waals surface area (Å²) in [5, 5.41) is 15.1. The second-order valence-electron chi connectivity index (χ2n) is 16.4. The highest BCUT2D eigenvalue weighted by atomic mass is 19.3. The van der Waals surface area contributed by atoms with E-state index in [-0.39, 0.29) is 60.9 Å². The fourth-order valence-corrected chi connectivity index (χ4v) is 8.17. The van der Waals surface area contributed by atoms with Gasteiger partial charge in [0.1, 0.15) is 24.7 Å². The second-order valence-corrected chi connectivity index (χ2v) is 16.4. The number of oxazole rings is 1. The number of imidazole rings is 1. The first-order chi connectivity index (χ1) is 29.9. The maximum Gasteiger partial charge on any atom is 0.407 e. The number of carbonyl (C=O) groups is 4. The summed E-state index contributed by atoms with van der Waals surface area (Å²) < 4.78 is 43.6. The van der Waals surface area contributed by atoms with Crippen LogP contribution in [-0.2, 0) is 27.9 Å². The number of hydrogen-bond acceptors (Lipinski definition) is 12. The summed E-state index contributed by atoms with van der Waals surface area (Å²) in [5.74, 6) is 0.323. The number of nitrogens with one attached hydrogen (secondary N) is 4. The van der Waals surface area contributed by atoms with Crippen LogP contribution >= 0.6 is 0 Å². The van der Waals surface area contributed by atoms with Crippen molar-refractivity contribution in [3.63, 3.8) is 0 Å². The molecule has 4 N–H and O–H groups in total. The Balaban J connectivity index is 0.769. The van der Waals surface area contributed by atoms with Crippen LogP contribution in [-0.4, -0.2) is 90.9 Å². The molecular weight excluding hydrogens is 809 g/mol. The molecule has 5 aromatic rings. The number of halogens is 2. The number of hydrogen-bond donors (Lipinski definition) is 4. The number of imide groups is 1. The number of fused-ring (bicyclic) bond motifs is 1. The van der Waals surface area contributed by atoms with E-state index in [4.69, 9.17) is 9.15 Å². The summed E-state index contributed by atoms with van der Waals surface area (Å²) in [6, 6.07) is 7.85. The van der Waals surface area contributed by atoms with E-state index in [0.29, 0.717) is 53.6 Å². The highest BCUT2D eigenvalue weighted by Gasteiger charge is 2.32. The Hall–Kier alpha value is -6.44. The van der Waals surface area contributed by atoms with Gasteiger partial charge in [0, 0.05) is 57.6 Å². The SMILES string of the molecule is CN(CCOC(=O)NCc1ccc2c(c1)n(C)c(=O)n2C1CCC(=O)NC1=O)CC1CCC(n2cc(NC(=O)c3coc(-c4ccnc(NCC5CC5)c4)n3)c(C(F)F)n2)CC1. The fraction of sp³-hybridized carbons (Fsp3) is 0.476. The van der Waals surface area contributed by atoms with Crippen molar-refractivity contribution < 1.29 is 37.1 Å². The molecule has 18 nitrogen and oxygen atoms in total. The number of benzene rings is 1. The lowest BCUT2D eigenvalue weighted by Crippen LogP contribution is -2.44. The van der Waals surface area contributed by atoms with Gasteiger partial charge in [-0.05, 0) is 93.7 Å². The smallest absolute Gasteiger partial charge is 0.407 e. The normalized spacial score (nSPS) is 19.2. The number of piperidine rings is 1. The van der Waals surface area contributed by atoms with Crippen LogP contribution in [0.15, 0.2) is 58.2 Å². The van der Waals surface area contributed by atoms with Crippen LogP contribution in [0.5, 0.6) is 0 Å². The summed E-state index contributed by atoms with van der Waals surface area (Å²) >= 11 is 0. The largest absolute Gasteiger partial charge is 0.448 e. The van der Waals surface area contributed by atoms with E-state index in [2.05, 4.69) is 41.2 Å². The van der Waals surface area contributed by atoms with E-state index in [1.807, 2.05) is 7.05 Å². The van der Waals surface area contributed by atoms with Gasteiger partial charge in [-0.3, -0.25) is 33.5 Å². The molecule has 4 amide bonds. The number of alkyl halides is 2. The van der Waals surface area contributed by atoms with Crippen LogP contribution in [0.4, 0.5) is 25.1 Å². The molecule has 3 fully saturated rings. The average Bonchev–Trinajstić information content (AvgIpc) is 3.67. The van der Waals surface area contributed by atoms with Crippen LogP contribution in [0.3, 0.4) is 0 Å². The predicted octanol–water partition coefficient (Wildman–Crippen LogP) is 5.17. The molecule has 2 saturated carbocycles. The van der Waals surface area contributed by atoms with Gasteiger partial charge in [0.25, 0.3) is 12.3 Å². The van der Waals surface area contributed by atoms with Gasteiger partial charge in [0.05, 0.1) is 22.8 Å². The quantitative estimate of drug-likeness (QED) is 0.0948. The van der Waals surface area contributed by atoms with Gasteiger partial charge >= 0.3 is 11.8 Å². The average molecular weight is 858 g/mol. The van der Waals surface area contributed by atoms with Crippen LogP contribution in [0, 0.1) is 11.8 Å². The van der Waals surface area contributed by atoms with Gasteiger partial charge in [-0.25, -0.2) is 28.3 Å². The third-order valence-corrected chi connectivity index (χ3v) is 11.8. The molecule has 1 aliphatic heterocycles. The molecule has 5 heterocycles. The summed E-state index contributed by atoms with van der Waals surface area (Å²) in [7, 11) is 3.55. The number of carbonyl (C=O) groups excluding carboxylic acids is 4. The second kappa shape index (κ2) is 18.3. The molecule has 0 radical (unpaired) electrons. The van der Waals surface area contributed by atoms with Crippen molar-refractivity contribution in [2.45, 2.75) is 76.4 Å². The van der Waals surface area contributed by atoms with Gasteiger partial charge < -0.3 is 30.0 Å². The predicted molar refractivity (Wildman–Crippen MR) is 221 cm³/mol. The van der Waals surface area contributed by atoms with Crippen LogP contribution in [0.2, 0.25) is 0 Å². The Bertz CT molecular complexity index is 2520. The number of anilines is 2. The molecule has 2 aliphatic carbocycles. The van der Waals surface area contributed by atoms with Gasteiger partial charge in [-0.1, -0.05) is 6.07 Å². The van der Waals surface area contributed by atoms with Crippen molar-refractivity contribution in [1.82, 2.24) is 44.4 Å². The number of aromatic nitrogens is 6. The Kier molecular flexibility index (Phi) is 12.5. The first kappa shape index (κ1) is 42.3. The standard InChI is InChI=1S/C42H49F2N11O7/c1-52(15-16-61-41(59)47-20-26-7-10-31-33(17-26)53(2)42(60)55(31)32-11-12-35(56)50-39(32)58)21-25-5-8-28(9-6-25)54-22-29(36(51-54)37(43)44)48-38(57)30-23-62-40(49-30)27-13-14-45-34(18-27)46-19-24-3-4-24/h7,10,13-14,17-18,22-25,28,32,37H,3-6,8-9,11-12,15-16,19-21H2,1-2H3,(H,45,46)(H,47,59)(H,48,57)(H,50,56,58). The lowest BCUT2D eigenvalue weighted by molar-refractivity contribution is -0.135. The minimum absolute atomic E-state index is 0.0569. The summed E-state index contributed by atoms with van der Waals surface area (Å²) in [6.07, 6.45) is 6.67. The molecule has 328 valence electrons. The Morgan fingerprint density at radius 1 is 1.03 bits per heavy atom. The summed E-state index contributed by atoms with van der Waals surface area (Å²) in [4.78, 5) is 73.5. The zero-order valence-corrected chi connectivity index (χ0v) is 34.4. The van der Waals surface area contributed by atoms with Gasteiger partial charge in [-0.2, -0.15) is 5.10 Å². The third-order valence-electron chi connectivity index (χ3n) is 11.8. The number of pyridine rings is 1. The zero-order chi connectivity index (χ0) is 43.5. The van der Waals surface area contributed by atoms with Crippen LogP contribution < -0.4 is 27.0 Å². The minimum Gasteiger partial charge on any atom is -0.448 e. The first-order valence-corrected chi connectivity index (χ1v) is 20.9. The lowest BCUT2D eigenvalue weighted by Gasteiger charge is -2.31. The highest BCUT2D eigenvalue weighted by Crippen LogP contribution is 2.35. The topological polar surface area (TPSA) is 213 Å². The minimum atomic E-state index is -2.90.